The third-order valence-corrected chi connectivity index (χ3v) is 6.85. The third kappa shape index (κ3) is 2.35. The molecule has 0 saturated heterocycles. The lowest BCUT2D eigenvalue weighted by molar-refractivity contribution is 0.0784. The molecule has 1 aromatic heterocycles. The summed E-state index contributed by atoms with van der Waals surface area (Å²) in [4.78, 5) is 0. The fourth-order valence-corrected chi connectivity index (χ4v) is 6.36. The van der Waals surface area contributed by atoms with E-state index in [1.165, 1.54) is 54.0 Å². The van der Waals surface area contributed by atoms with E-state index in [0.29, 0.717) is 5.41 Å². The Morgan fingerprint density at radius 3 is 2.44 bits per heavy atom. The van der Waals surface area contributed by atoms with Crippen molar-refractivity contribution in [3.05, 3.63) is 47.5 Å². The van der Waals surface area contributed by atoms with E-state index in [2.05, 4.69) is 57.2 Å². The number of rotatable bonds is 1. The SMILES string of the molecule is Cc1ccc2c(c1)oc1c(C34C[C@H](C)C[C@H](C[C@H](C)C3)C4)cccc12. The molecule has 0 aliphatic heterocycles. The van der Waals surface area contributed by atoms with Crippen LogP contribution in [-0.4, -0.2) is 0 Å². The molecule has 25 heavy (non-hydrogen) atoms. The Hall–Kier alpha value is -1.76. The summed E-state index contributed by atoms with van der Waals surface area (Å²) in [5.41, 5.74) is 5.28. The Labute approximate surface area is 150 Å². The highest BCUT2D eigenvalue weighted by Gasteiger charge is 2.46. The standard InChI is InChI=1S/C24H28O/c1-15-7-8-19-20-5-4-6-21(23(20)25-22(19)11-15)24-12-16(2)9-18(14-24)10-17(3)13-24/h4-8,11,16-18H,9-10,12-14H2,1-3H3/t16-,17+,18-,24?. The average Bonchev–Trinajstić information content (AvgIpc) is 2.90. The van der Waals surface area contributed by atoms with Gasteiger partial charge in [0, 0.05) is 16.3 Å². The van der Waals surface area contributed by atoms with Crippen molar-refractivity contribution in [1.29, 1.82) is 0 Å². The highest BCUT2D eigenvalue weighted by atomic mass is 16.3. The summed E-state index contributed by atoms with van der Waals surface area (Å²) in [6, 6.07) is 13.5. The van der Waals surface area contributed by atoms with Gasteiger partial charge < -0.3 is 4.42 Å². The van der Waals surface area contributed by atoms with Crippen LogP contribution >= 0.6 is 0 Å². The number of benzene rings is 2. The second-order valence-corrected chi connectivity index (χ2v) is 9.22. The molecule has 2 aliphatic carbocycles. The summed E-state index contributed by atoms with van der Waals surface area (Å²) in [7, 11) is 0. The zero-order chi connectivity index (χ0) is 17.2. The van der Waals surface area contributed by atoms with E-state index in [9.17, 15) is 0 Å². The maximum absolute atomic E-state index is 6.47. The molecule has 2 aromatic carbocycles. The molecule has 0 spiro atoms. The van der Waals surface area contributed by atoms with Crippen molar-refractivity contribution in [3.63, 3.8) is 0 Å². The van der Waals surface area contributed by atoms with Gasteiger partial charge in [-0.2, -0.15) is 0 Å². The predicted octanol–water partition coefficient (Wildman–Crippen LogP) is 7.00. The topological polar surface area (TPSA) is 13.1 Å². The second kappa shape index (κ2) is 5.37. The number of hydrogen-bond donors (Lipinski definition) is 0. The fraction of sp³-hybridized carbons (Fsp3) is 0.500. The predicted molar refractivity (Wildman–Crippen MR) is 105 cm³/mol. The molecule has 3 aromatic rings. The van der Waals surface area contributed by atoms with Crippen LogP contribution in [0.2, 0.25) is 0 Å². The van der Waals surface area contributed by atoms with Crippen molar-refractivity contribution < 1.29 is 4.42 Å². The Bertz CT molecular complexity index is 928. The number of hydrogen-bond acceptors (Lipinski definition) is 1. The number of para-hydroxylation sites is 1. The van der Waals surface area contributed by atoms with E-state index in [1.807, 2.05) is 0 Å². The van der Waals surface area contributed by atoms with Crippen molar-refractivity contribution in [3.8, 4) is 0 Å². The number of fused-ring (bicyclic) bond motifs is 5. The van der Waals surface area contributed by atoms with Crippen LogP contribution in [-0.2, 0) is 5.41 Å². The molecule has 2 bridgehead atoms. The van der Waals surface area contributed by atoms with Gasteiger partial charge in [0.2, 0.25) is 0 Å². The molecule has 1 heteroatoms. The molecule has 2 fully saturated rings. The van der Waals surface area contributed by atoms with E-state index >= 15 is 0 Å². The van der Waals surface area contributed by atoms with Crippen molar-refractivity contribution in [2.45, 2.75) is 58.3 Å². The molecule has 4 atom stereocenters. The summed E-state index contributed by atoms with van der Waals surface area (Å²) < 4.78 is 6.47. The first-order chi connectivity index (χ1) is 12.0. The molecule has 1 nitrogen and oxygen atoms in total. The minimum absolute atomic E-state index is 0.322. The molecular formula is C24H28O. The lowest BCUT2D eigenvalue weighted by Gasteiger charge is -2.50. The van der Waals surface area contributed by atoms with Gasteiger partial charge in [-0.3, -0.25) is 0 Å². The Morgan fingerprint density at radius 2 is 1.68 bits per heavy atom. The van der Waals surface area contributed by atoms with Gasteiger partial charge >= 0.3 is 0 Å². The van der Waals surface area contributed by atoms with E-state index in [-0.39, 0.29) is 0 Å². The van der Waals surface area contributed by atoms with Crippen LogP contribution in [0.25, 0.3) is 21.9 Å². The van der Waals surface area contributed by atoms with Gasteiger partial charge in [0.15, 0.2) is 0 Å². The minimum atomic E-state index is 0.322. The first-order valence-electron chi connectivity index (χ1n) is 9.96. The van der Waals surface area contributed by atoms with Crippen molar-refractivity contribution in [2.75, 3.05) is 0 Å². The van der Waals surface area contributed by atoms with Crippen LogP contribution in [0.3, 0.4) is 0 Å². The summed E-state index contributed by atoms with van der Waals surface area (Å²) >= 11 is 0. The Morgan fingerprint density at radius 1 is 0.920 bits per heavy atom. The van der Waals surface area contributed by atoms with Crippen molar-refractivity contribution in [1.82, 2.24) is 0 Å². The van der Waals surface area contributed by atoms with Gasteiger partial charge in [0.25, 0.3) is 0 Å². The average molecular weight is 332 g/mol. The van der Waals surface area contributed by atoms with Gasteiger partial charge in [-0.1, -0.05) is 44.2 Å². The first-order valence-corrected chi connectivity index (χ1v) is 9.96. The molecule has 0 N–H and O–H groups in total. The molecule has 0 radical (unpaired) electrons. The van der Waals surface area contributed by atoms with E-state index in [1.54, 1.807) is 0 Å². The zero-order valence-corrected chi connectivity index (χ0v) is 15.6. The van der Waals surface area contributed by atoms with E-state index in [4.69, 9.17) is 4.42 Å². The summed E-state index contributed by atoms with van der Waals surface area (Å²) in [5.74, 6) is 2.55. The monoisotopic (exact) mass is 332 g/mol. The second-order valence-electron chi connectivity index (χ2n) is 9.22. The summed E-state index contributed by atoms with van der Waals surface area (Å²) in [5, 5.41) is 2.57. The largest absolute Gasteiger partial charge is 0.456 e. The molecule has 2 aliphatic rings. The van der Waals surface area contributed by atoms with Crippen LogP contribution in [0, 0.1) is 24.7 Å². The Kier molecular flexibility index (Phi) is 3.33. The van der Waals surface area contributed by atoms with Gasteiger partial charge in [-0.25, -0.2) is 0 Å². The van der Waals surface area contributed by atoms with E-state index in [0.717, 1.165) is 28.9 Å². The van der Waals surface area contributed by atoms with Gasteiger partial charge in [0.1, 0.15) is 11.2 Å². The summed E-state index contributed by atoms with van der Waals surface area (Å²) in [6.45, 7) is 7.06. The van der Waals surface area contributed by atoms with Crippen molar-refractivity contribution >= 4 is 21.9 Å². The van der Waals surface area contributed by atoms with E-state index < -0.39 is 0 Å². The maximum Gasteiger partial charge on any atom is 0.139 e. The maximum atomic E-state index is 6.47. The first kappa shape index (κ1) is 15.5. The summed E-state index contributed by atoms with van der Waals surface area (Å²) in [6.07, 6.45) is 6.84. The highest BCUT2D eigenvalue weighted by Crippen LogP contribution is 2.55. The Balaban J connectivity index is 1.75. The van der Waals surface area contributed by atoms with Crippen LogP contribution in [0.1, 0.15) is 57.1 Å². The molecule has 1 heterocycles. The van der Waals surface area contributed by atoms with Gasteiger partial charge in [-0.15, -0.1) is 0 Å². The van der Waals surface area contributed by atoms with Crippen LogP contribution in [0.4, 0.5) is 0 Å². The van der Waals surface area contributed by atoms with Crippen LogP contribution in [0.5, 0.6) is 0 Å². The van der Waals surface area contributed by atoms with Gasteiger partial charge in [-0.05, 0) is 73.8 Å². The lowest BCUT2D eigenvalue weighted by Crippen LogP contribution is -2.42. The van der Waals surface area contributed by atoms with Crippen molar-refractivity contribution in [2.24, 2.45) is 17.8 Å². The highest BCUT2D eigenvalue weighted by molar-refractivity contribution is 6.06. The molecule has 130 valence electrons. The number of furan rings is 1. The molecule has 1 unspecified atom stereocenters. The molecular weight excluding hydrogens is 304 g/mol. The lowest BCUT2D eigenvalue weighted by atomic mass is 9.54. The third-order valence-electron chi connectivity index (χ3n) is 6.85. The quantitative estimate of drug-likeness (QED) is 0.467. The smallest absolute Gasteiger partial charge is 0.139 e. The number of aryl methyl sites for hydroxylation is 1. The van der Waals surface area contributed by atoms with Gasteiger partial charge in [0.05, 0.1) is 0 Å². The normalized spacial score (nSPS) is 32.4. The van der Waals surface area contributed by atoms with Crippen LogP contribution < -0.4 is 0 Å². The zero-order valence-electron chi connectivity index (χ0n) is 15.6. The fourth-order valence-electron chi connectivity index (χ4n) is 6.36. The minimum Gasteiger partial charge on any atom is -0.456 e. The molecule has 5 rings (SSSR count). The van der Waals surface area contributed by atoms with Crippen LogP contribution in [0.15, 0.2) is 40.8 Å². The molecule has 0 amide bonds. The molecule has 2 saturated carbocycles.